The molecule has 0 aromatic carbocycles. The molecule has 1 fully saturated rings. The van der Waals surface area contributed by atoms with E-state index in [-0.39, 0.29) is 0 Å². The van der Waals surface area contributed by atoms with E-state index in [1.54, 1.807) is 0 Å². The first kappa shape index (κ1) is 9.40. The molecular weight excluding hydrogens is 154 g/mol. The van der Waals surface area contributed by atoms with Crippen LogP contribution in [0.2, 0.25) is 0 Å². The number of nitrogens with one attached hydrogen (secondary N) is 1. The topological polar surface area (TPSA) is 12.0 Å². The molecular formula is C9H19NS. The average Bonchev–Trinajstić information content (AvgIpc) is 1.95. The van der Waals surface area contributed by atoms with Crippen LogP contribution < -0.4 is 5.32 Å². The van der Waals surface area contributed by atoms with Crippen molar-refractivity contribution in [3.8, 4) is 0 Å². The van der Waals surface area contributed by atoms with Gasteiger partial charge in [0.1, 0.15) is 0 Å². The highest BCUT2D eigenvalue weighted by Crippen LogP contribution is 2.33. The fourth-order valence-corrected chi connectivity index (χ4v) is 2.44. The Morgan fingerprint density at radius 3 is 2.45 bits per heavy atom. The molecule has 1 aliphatic heterocycles. The van der Waals surface area contributed by atoms with E-state index in [0.29, 0.717) is 5.41 Å². The van der Waals surface area contributed by atoms with Gasteiger partial charge in [-0.2, -0.15) is 11.8 Å². The predicted molar refractivity (Wildman–Crippen MR) is 53.2 cm³/mol. The molecule has 0 bridgehead atoms. The van der Waals surface area contributed by atoms with Crippen LogP contribution in [0, 0.1) is 5.41 Å². The van der Waals surface area contributed by atoms with Gasteiger partial charge in [-0.3, -0.25) is 0 Å². The summed E-state index contributed by atoms with van der Waals surface area (Å²) in [6.45, 7) is 4.82. The molecule has 0 unspecified atom stereocenters. The monoisotopic (exact) mass is 173 g/mol. The molecule has 1 heterocycles. The Balaban J connectivity index is 2.22. The minimum absolute atomic E-state index is 0.692. The predicted octanol–water partition coefficient (Wildman–Crippen LogP) is 2.13. The Kier molecular flexibility index (Phi) is 3.73. The molecule has 0 spiro atoms. The van der Waals surface area contributed by atoms with E-state index < -0.39 is 0 Å². The maximum atomic E-state index is 3.39. The van der Waals surface area contributed by atoms with Crippen molar-refractivity contribution in [1.29, 1.82) is 0 Å². The zero-order valence-corrected chi connectivity index (χ0v) is 8.47. The quantitative estimate of drug-likeness (QED) is 0.683. The Hall–Kier alpha value is 0.310. The highest BCUT2D eigenvalue weighted by atomic mass is 32.2. The maximum absolute atomic E-state index is 3.39. The van der Waals surface area contributed by atoms with Crippen molar-refractivity contribution >= 4 is 11.8 Å². The molecule has 1 N–H and O–H groups in total. The molecule has 1 rings (SSSR count). The third kappa shape index (κ3) is 2.38. The first-order valence-corrected chi connectivity index (χ1v) is 5.92. The second kappa shape index (κ2) is 4.36. The van der Waals surface area contributed by atoms with Crippen molar-refractivity contribution in [1.82, 2.24) is 5.32 Å². The smallest absolute Gasteiger partial charge is 0.00205 e. The maximum Gasteiger partial charge on any atom is 0.00205 e. The van der Waals surface area contributed by atoms with Gasteiger partial charge in [-0.15, -0.1) is 0 Å². The molecule has 0 atom stereocenters. The third-order valence-electron chi connectivity index (χ3n) is 2.62. The normalized spacial score (nSPS) is 21.3. The van der Waals surface area contributed by atoms with Gasteiger partial charge >= 0.3 is 0 Å². The second-order valence-corrected chi connectivity index (χ2v) is 4.58. The Morgan fingerprint density at radius 2 is 2.09 bits per heavy atom. The van der Waals surface area contributed by atoms with Crippen LogP contribution in [0.25, 0.3) is 0 Å². The van der Waals surface area contributed by atoms with Gasteiger partial charge in [-0.25, -0.2) is 0 Å². The minimum atomic E-state index is 0.692. The summed E-state index contributed by atoms with van der Waals surface area (Å²) >= 11 is 1.98. The van der Waals surface area contributed by atoms with Crippen LogP contribution >= 0.6 is 11.8 Å². The molecule has 0 aromatic rings. The second-order valence-electron chi connectivity index (χ2n) is 3.60. The molecule has 66 valence electrons. The third-order valence-corrected chi connectivity index (χ3v) is 3.23. The van der Waals surface area contributed by atoms with E-state index >= 15 is 0 Å². The highest BCUT2D eigenvalue weighted by Gasteiger charge is 2.34. The van der Waals surface area contributed by atoms with Crippen LogP contribution in [0.15, 0.2) is 0 Å². The molecule has 1 saturated heterocycles. The Morgan fingerprint density at radius 1 is 1.36 bits per heavy atom. The summed E-state index contributed by atoms with van der Waals surface area (Å²) in [4.78, 5) is 0. The van der Waals surface area contributed by atoms with Crippen LogP contribution in [0.1, 0.15) is 26.2 Å². The number of thioether (sulfide) groups is 1. The molecule has 11 heavy (non-hydrogen) atoms. The minimum Gasteiger partial charge on any atom is -0.316 e. The summed E-state index contributed by atoms with van der Waals surface area (Å²) in [6, 6.07) is 0. The molecule has 1 aliphatic rings. The summed E-state index contributed by atoms with van der Waals surface area (Å²) in [5, 5.41) is 3.39. The van der Waals surface area contributed by atoms with Crippen molar-refractivity contribution in [3.05, 3.63) is 0 Å². The fourth-order valence-electron chi connectivity index (χ4n) is 1.81. The number of rotatable bonds is 5. The van der Waals surface area contributed by atoms with Gasteiger partial charge in [0.2, 0.25) is 0 Å². The average molecular weight is 173 g/mol. The van der Waals surface area contributed by atoms with E-state index in [1.165, 1.54) is 38.1 Å². The van der Waals surface area contributed by atoms with Gasteiger partial charge in [0.25, 0.3) is 0 Å². The van der Waals surface area contributed by atoms with E-state index in [0.717, 1.165) is 0 Å². The van der Waals surface area contributed by atoms with Crippen LogP contribution in [-0.4, -0.2) is 25.1 Å². The van der Waals surface area contributed by atoms with E-state index in [2.05, 4.69) is 18.5 Å². The van der Waals surface area contributed by atoms with E-state index in [9.17, 15) is 0 Å². The van der Waals surface area contributed by atoms with Crippen molar-refractivity contribution in [2.75, 3.05) is 25.1 Å². The lowest BCUT2D eigenvalue weighted by atomic mass is 9.75. The van der Waals surface area contributed by atoms with Crippen molar-refractivity contribution in [2.24, 2.45) is 5.41 Å². The van der Waals surface area contributed by atoms with E-state index in [1.807, 2.05) is 11.8 Å². The van der Waals surface area contributed by atoms with Gasteiger partial charge in [0, 0.05) is 13.1 Å². The summed E-state index contributed by atoms with van der Waals surface area (Å²) < 4.78 is 0. The van der Waals surface area contributed by atoms with Crippen molar-refractivity contribution in [2.45, 2.75) is 26.2 Å². The van der Waals surface area contributed by atoms with Gasteiger partial charge in [0.05, 0.1) is 0 Å². The molecule has 1 nitrogen and oxygen atoms in total. The summed E-state index contributed by atoms with van der Waals surface area (Å²) in [5.41, 5.74) is 0.692. The Bertz CT molecular complexity index is 110. The van der Waals surface area contributed by atoms with E-state index in [4.69, 9.17) is 0 Å². The molecule has 0 amide bonds. The largest absolute Gasteiger partial charge is 0.316 e. The lowest BCUT2D eigenvalue weighted by Gasteiger charge is -2.43. The first-order valence-electron chi connectivity index (χ1n) is 4.53. The zero-order chi connectivity index (χ0) is 8.16. The summed E-state index contributed by atoms with van der Waals surface area (Å²) in [5.74, 6) is 1.34. The first-order chi connectivity index (χ1) is 5.33. The van der Waals surface area contributed by atoms with Crippen LogP contribution in [0.3, 0.4) is 0 Å². The molecule has 0 aliphatic carbocycles. The van der Waals surface area contributed by atoms with Crippen molar-refractivity contribution in [3.63, 3.8) is 0 Å². The van der Waals surface area contributed by atoms with Gasteiger partial charge < -0.3 is 5.32 Å². The van der Waals surface area contributed by atoms with Crippen LogP contribution in [0.4, 0.5) is 0 Å². The van der Waals surface area contributed by atoms with Crippen molar-refractivity contribution < 1.29 is 0 Å². The van der Waals surface area contributed by atoms with Gasteiger partial charge in [-0.05, 0) is 30.3 Å². The van der Waals surface area contributed by atoms with Crippen LogP contribution in [-0.2, 0) is 0 Å². The summed E-state index contributed by atoms with van der Waals surface area (Å²) in [7, 11) is 0. The SMILES string of the molecule is CCCC1(CCSC)CNC1. The van der Waals surface area contributed by atoms with Gasteiger partial charge in [0.15, 0.2) is 0 Å². The standard InChI is InChI=1S/C9H19NS/c1-3-4-9(5-6-11-2)7-10-8-9/h10H,3-8H2,1-2H3. The lowest BCUT2D eigenvalue weighted by molar-refractivity contribution is 0.146. The lowest BCUT2D eigenvalue weighted by Crippen LogP contribution is -2.53. The molecule has 2 heteroatoms. The van der Waals surface area contributed by atoms with Gasteiger partial charge in [-0.1, -0.05) is 13.3 Å². The molecule has 0 saturated carbocycles. The number of hydrogen-bond acceptors (Lipinski definition) is 2. The Labute approximate surface area is 74.3 Å². The molecule has 0 radical (unpaired) electrons. The number of hydrogen-bond donors (Lipinski definition) is 1. The summed E-state index contributed by atoms with van der Waals surface area (Å²) in [6.07, 6.45) is 6.37. The van der Waals surface area contributed by atoms with Crippen LogP contribution in [0.5, 0.6) is 0 Å². The zero-order valence-electron chi connectivity index (χ0n) is 7.65. The highest BCUT2D eigenvalue weighted by molar-refractivity contribution is 7.98. The molecule has 0 aromatic heterocycles. The fraction of sp³-hybridized carbons (Fsp3) is 1.00.